The maximum Gasteiger partial charge on any atom is 0.291 e. The Morgan fingerprint density at radius 1 is 1.79 bits per heavy atom. The Hall–Kier alpha value is -1.54. The van der Waals surface area contributed by atoms with Crippen molar-refractivity contribution in [2.24, 2.45) is 4.99 Å². The summed E-state index contributed by atoms with van der Waals surface area (Å²) in [6.45, 7) is 3.89. The summed E-state index contributed by atoms with van der Waals surface area (Å²) >= 11 is 0. The van der Waals surface area contributed by atoms with Gasteiger partial charge in [-0.25, -0.2) is 4.99 Å². The van der Waals surface area contributed by atoms with Crippen LogP contribution in [0.25, 0.3) is 0 Å². The lowest BCUT2D eigenvalue weighted by atomic mass is 10.4. The molecule has 74 valence electrons. The number of nitrogens with zero attached hydrogens (tertiary/aromatic N) is 4. The summed E-state index contributed by atoms with van der Waals surface area (Å²) in [7, 11) is 0. The molecule has 1 saturated heterocycles. The molecule has 0 saturated carbocycles. The molecule has 1 fully saturated rings. The molecule has 1 N–H and O–H groups in total. The molecule has 0 aromatic heterocycles. The van der Waals surface area contributed by atoms with E-state index in [0.29, 0.717) is 13.2 Å². The first-order chi connectivity index (χ1) is 6.70. The van der Waals surface area contributed by atoms with Gasteiger partial charge in [-0.15, -0.1) is 0 Å². The van der Waals surface area contributed by atoms with Gasteiger partial charge >= 0.3 is 0 Å². The van der Waals surface area contributed by atoms with E-state index in [1.165, 1.54) is 0 Å². The predicted octanol–water partition coefficient (Wildman–Crippen LogP) is 0.285. The van der Waals surface area contributed by atoms with Crippen LogP contribution in [0.5, 0.6) is 0 Å². The molecule has 2 aliphatic rings. The minimum atomic E-state index is 0.0230. The van der Waals surface area contributed by atoms with Crippen LogP contribution in [0, 0.1) is 11.3 Å². The Morgan fingerprint density at radius 2 is 2.57 bits per heavy atom. The van der Waals surface area contributed by atoms with Gasteiger partial charge in [0.05, 0.1) is 12.7 Å². The van der Waals surface area contributed by atoms with Crippen molar-refractivity contribution in [3.05, 3.63) is 11.8 Å². The van der Waals surface area contributed by atoms with E-state index in [4.69, 9.17) is 5.26 Å². The summed E-state index contributed by atoms with van der Waals surface area (Å²) in [4.78, 5) is 7.66. The quantitative estimate of drug-likeness (QED) is 0.638. The smallest absolute Gasteiger partial charge is 0.291 e. The molecular formula is C9H12N4O. The van der Waals surface area contributed by atoms with E-state index in [1.54, 1.807) is 4.90 Å². The Morgan fingerprint density at radius 3 is 3.14 bits per heavy atom. The first-order valence-corrected chi connectivity index (χ1v) is 4.53. The first kappa shape index (κ1) is 9.03. The van der Waals surface area contributed by atoms with Gasteiger partial charge in [-0.05, 0) is 13.0 Å². The van der Waals surface area contributed by atoms with E-state index in [9.17, 15) is 5.11 Å². The SMILES string of the molecule is CC1=CCN(CN2CC2C#N)C(O)=N1. The largest absolute Gasteiger partial charge is 0.480 e. The fourth-order valence-electron chi connectivity index (χ4n) is 1.39. The molecule has 2 heterocycles. The minimum absolute atomic E-state index is 0.0230. The van der Waals surface area contributed by atoms with Gasteiger partial charge in [-0.2, -0.15) is 5.26 Å². The number of allylic oxidation sites excluding steroid dienone is 1. The molecule has 0 amide bonds. The fraction of sp³-hybridized carbons (Fsp3) is 0.556. The van der Waals surface area contributed by atoms with Crippen LogP contribution in [0.1, 0.15) is 6.92 Å². The monoisotopic (exact) mass is 192 g/mol. The highest BCUT2D eigenvalue weighted by molar-refractivity contribution is 5.73. The zero-order valence-corrected chi connectivity index (χ0v) is 8.01. The third-order valence-corrected chi connectivity index (χ3v) is 2.38. The minimum Gasteiger partial charge on any atom is -0.480 e. The zero-order chi connectivity index (χ0) is 10.1. The molecule has 0 spiro atoms. The third-order valence-electron chi connectivity index (χ3n) is 2.38. The van der Waals surface area contributed by atoms with Gasteiger partial charge in [0, 0.05) is 18.8 Å². The maximum absolute atomic E-state index is 9.50. The number of hydrogen-bond acceptors (Lipinski definition) is 4. The second kappa shape index (κ2) is 3.31. The number of nitriles is 1. The van der Waals surface area contributed by atoms with Crippen LogP contribution >= 0.6 is 0 Å². The van der Waals surface area contributed by atoms with Gasteiger partial charge < -0.3 is 10.0 Å². The van der Waals surface area contributed by atoms with Crippen molar-refractivity contribution in [3.8, 4) is 6.07 Å². The molecule has 0 aromatic rings. The molecule has 14 heavy (non-hydrogen) atoms. The van der Waals surface area contributed by atoms with E-state index in [-0.39, 0.29) is 12.1 Å². The number of rotatable bonds is 2. The normalized spacial score (nSPS) is 30.4. The van der Waals surface area contributed by atoms with E-state index >= 15 is 0 Å². The van der Waals surface area contributed by atoms with Gasteiger partial charge in [-0.1, -0.05) is 0 Å². The lowest BCUT2D eigenvalue weighted by molar-refractivity contribution is 0.279. The summed E-state index contributed by atoms with van der Waals surface area (Å²) in [5, 5.41) is 18.1. The maximum atomic E-state index is 9.50. The summed E-state index contributed by atoms with van der Waals surface area (Å²) in [5.41, 5.74) is 0.835. The van der Waals surface area contributed by atoms with Gasteiger partial charge in [0.25, 0.3) is 6.02 Å². The number of hydrogen-bond donors (Lipinski definition) is 1. The van der Waals surface area contributed by atoms with Crippen LogP contribution in [-0.2, 0) is 0 Å². The molecule has 5 nitrogen and oxygen atoms in total. The van der Waals surface area contributed by atoms with Crippen molar-refractivity contribution in [1.82, 2.24) is 9.80 Å². The number of aliphatic imine (C=N–C) groups is 1. The van der Waals surface area contributed by atoms with Crippen molar-refractivity contribution in [3.63, 3.8) is 0 Å². The van der Waals surface area contributed by atoms with Gasteiger partial charge in [0.1, 0.15) is 6.04 Å². The number of amidine groups is 1. The second-order valence-corrected chi connectivity index (χ2v) is 3.54. The highest BCUT2D eigenvalue weighted by Gasteiger charge is 2.35. The molecule has 0 aromatic carbocycles. The number of aliphatic hydroxyl groups is 1. The second-order valence-electron chi connectivity index (χ2n) is 3.54. The molecule has 0 radical (unpaired) electrons. The summed E-state index contributed by atoms with van der Waals surface area (Å²) in [6, 6.07) is 2.24. The molecule has 2 aliphatic heterocycles. The van der Waals surface area contributed by atoms with Crippen LogP contribution in [-0.4, -0.2) is 46.7 Å². The topological polar surface area (TPSA) is 62.6 Å². The van der Waals surface area contributed by atoms with Crippen LogP contribution in [0.15, 0.2) is 16.8 Å². The summed E-state index contributed by atoms with van der Waals surface area (Å²) in [5.74, 6) is 0. The van der Waals surface area contributed by atoms with Gasteiger partial charge in [0.2, 0.25) is 0 Å². The lowest BCUT2D eigenvalue weighted by Crippen LogP contribution is -2.37. The zero-order valence-electron chi connectivity index (χ0n) is 8.01. The number of aliphatic hydroxyl groups excluding tert-OH is 1. The standard InChI is InChI=1S/C9H12N4O/c1-7-2-3-12(9(14)11-7)6-13-5-8(13)4-10/h2,8H,3,5-6H2,1H3,(H,11,14). The molecule has 2 rings (SSSR count). The predicted molar refractivity (Wildman–Crippen MR) is 51.5 cm³/mol. The Balaban J connectivity index is 1.90. The molecule has 0 bridgehead atoms. The lowest BCUT2D eigenvalue weighted by Gasteiger charge is -2.23. The average Bonchev–Trinajstić information content (AvgIpc) is 2.89. The molecule has 2 unspecified atom stereocenters. The Kier molecular flexibility index (Phi) is 2.14. The summed E-state index contributed by atoms with van der Waals surface area (Å²) in [6.07, 6.45) is 1.95. The van der Waals surface area contributed by atoms with Crippen molar-refractivity contribution in [1.29, 1.82) is 5.26 Å². The summed E-state index contributed by atoms with van der Waals surface area (Å²) < 4.78 is 0. The van der Waals surface area contributed by atoms with Gasteiger partial charge in [-0.3, -0.25) is 4.90 Å². The van der Waals surface area contributed by atoms with Crippen LogP contribution in [0.2, 0.25) is 0 Å². The van der Waals surface area contributed by atoms with E-state index in [1.807, 2.05) is 17.9 Å². The van der Waals surface area contributed by atoms with E-state index in [0.717, 1.165) is 12.2 Å². The van der Waals surface area contributed by atoms with E-state index < -0.39 is 0 Å². The highest BCUT2D eigenvalue weighted by Crippen LogP contribution is 2.17. The van der Waals surface area contributed by atoms with Crippen LogP contribution < -0.4 is 0 Å². The Bertz CT molecular complexity index is 341. The van der Waals surface area contributed by atoms with Crippen LogP contribution in [0.4, 0.5) is 0 Å². The van der Waals surface area contributed by atoms with Crippen molar-refractivity contribution in [2.45, 2.75) is 13.0 Å². The third kappa shape index (κ3) is 1.70. The average molecular weight is 192 g/mol. The van der Waals surface area contributed by atoms with Crippen molar-refractivity contribution >= 4 is 6.02 Å². The molecule has 2 atom stereocenters. The van der Waals surface area contributed by atoms with Crippen molar-refractivity contribution in [2.75, 3.05) is 19.8 Å². The highest BCUT2D eigenvalue weighted by atomic mass is 16.3. The van der Waals surface area contributed by atoms with Crippen LogP contribution in [0.3, 0.4) is 0 Å². The van der Waals surface area contributed by atoms with E-state index in [2.05, 4.69) is 11.1 Å². The molecule has 5 heteroatoms. The Labute approximate surface area is 82.6 Å². The molecular weight excluding hydrogens is 180 g/mol. The van der Waals surface area contributed by atoms with Gasteiger partial charge in [0.15, 0.2) is 0 Å². The fourth-order valence-corrected chi connectivity index (χ4v) is 1.39. The first-order valence-electron chi connectivity index (χ1n) is 4.53. The van der Waals surface area contributed by atoms with Crippen molar-refractivity contribution < 1.29 is 5.11 Å². The molecule has 0 aliphatic carbocycles.